The number of imidazole rings is 1. The molecule has 1 atom stereocenters. The minimum atomic E-state index is -3.23. The lowest BCUT2D eigenvalue weighted by Gasteiger charge is -2.30. The number of nitrogens with zero attached hydrogens (tertiary/aromatic N) is 4. The van der Waals surface area contributed by atoms with Gasteiger partial charge in [-0.1, -0.05) is 6.07 Å². The molecule has 3 rings (SSSR count). The maximum Gasteiger partial charge on any atom is 0.274 e. The molecular weight excluding hydrogens is 340 g/mol. The molecule has 0 bridgehead atoms. The summed E-state index contributed by atoms with van der Waals surface area (Å²) in [7, 11) is -1.47. The number of hydrogen-bond donors (Lipinski definition) is 0. The summed E-state index contributed by atoms with van der Waals surface area (Å²) in [6, 6.07) is 5.66. The number of sulfonamides is 1. The molecule has 0 radical (unpaired) electrons. The molecule has 1 aliphatic rings. The zero-order chi connectivity index (χ0) is 18.2. The Balaban J connectivity index is 2.04. The summed E-state index contributed by atoms with van der Waals surface area (Å²) in [6.07, 6.45) is 4.78. The van der Waals surface area contributed by atoms with Crippen LogP contribution in [0.4, 0.5) is 0 Å². The van der Waals surface area contributed by atoms with E-state index < -0.39 is 10.0 Å². The normalized spacial score (nSPS) is 19.2. The molecule has 0 spiro atoms. The highest BCUT2D eigenvalue weighted by Crippen LogP contribution is 2.29. The monoisotopic (exact) mass is 364 g/mol. The lowest BCUT2D eigenvalue weighted by Crippen LogP contribution is -2.38. The number of fused-ring (bicyclic) bond motifs is 1. The van der Waals surface area contributed by atoms with Gasteiger partial charge in [-0.25, -0.2) is 17.7 Å². The standard InChI is InChI=1S/C17H24N4O3S/c1-4-19(2)17(22)15-14-9-5-6-11-21(14)16(18-15)13-8-7-10-20(12-13)25(3,23)24/h5-6,9,11,13H,4,7-8,10,12H2,1-3H3/t13-/m1/s1. The van der Waals surface area contributed by atoms with Crippen LogP contribution in [0.5, 0.6) is 0 Å². The van der Waals surface area contributed by atoms with Gasteiger partial charge < -0.3 is 9.30 Å². The predicted molar refractivity (Wildman–Crippen MR) is 96.2 cm³/mol. The van der Waals surface area contributed by atoms with Crippen molar-refractivity contribution >= 4 is 21.4 Å². The number of aromatic nitrogens is 2. The Morgan fingerprint density at radius 3 is 2.84 bits per heavy atom. The van der Waals surface area contributed by atoms with Crippen LogP contribution in [0.15, 0.2) is 24.4 Å². The molecule has 0 unspecified atom stereocenters. The van der Waals surface area contributed by atoms with E-state index >= 15 is 0 Å². The van der Waals surface area contributed by atoms with Crippen LogP contribution in [-0.2, 0) is 10.0 Å². The van der Waals surface area contributed by atoms with E-state index in [1.54, 1.807) is 11.9 Å². The van der Waals surface area contributed by atoms with E-state index in [1.807, 2.05) is 35.7 Å². The second-order valence-corrected chi connectivity index (χ2v) is 8.54. The third-order valence-corrected chi connectivity index (χ3v) is 6.09. The van der Waals surface area contributed by atoms with Gasteiger partial charge in [0.25, 0.3) is 5.91 Å². The van der Waals surface area contributed by atoms with Crippen LogP contribution in [0.2, 0.25) is 0 Å². The number of pyridine rings is 1. The number of piperidine rings is 1. The largest absolute Gasteiger partial charge is 0.341 e. The van der Waals surface area contributed by atoms with Crippen molar-refractivity contribution in [1.82, 2.24) is 18.6 Å². The first kappa shape index (κ1) is 17.9. The molecule has 1 saturated heterocycles. The Labute approximate surface area is 148 Å². The highest BCUT2D eigenvalue weighted by atomic mass is 32.2. The Morgan fingerprint density at radius 2 is 2.16 bits per heavy atom. The van der Waals surface area contributed by atoms with Gasteiger partial charge in [0.2, 0.25) is 10.0 Å². The molecule has 1 fully saturated rings. The van der Waals surface area contributed by atoms with Gasteiger partial charge in [0.05, 0.1) is 11.8 Å². The number of rotatable bonds is 4. The average Bonchev–Trinajstić information content (AvgIpc) is 2.99. The molecule has 0 N–H and O–H groups in total. The molecule has 2 aromatic heterocycles. The van der Waals surface area contributed by atoms with E-state index in [2.05, 4.69) is 4.98 Å². The first-order valence-corrected chi connectivity index (χ1v) is 10.3. The predicted octanol–water partition coefficient (Wildman–Crippen LogP) is 1.57. The highest BCUT2D eigenvalue weighted by molar-refractivity contribution is 7.88. The van der Waals surface area contributed by atoms with E-state index in [-0.39, 0.29) is 11.8 Å². The number of hydrogen-bond acceptors (Lipinski definition) is 4. The van der Waals surface area contributed by atoms with Crippen LogP contribution in [0.3, 0.4) is 0 Å². The quantitative estimate of drug-likeness (QED) is 0.825. The Kier molecular flexibility index (Phi) is 4.83. The first-order valence-electron chi connectivity index (χ1n) is 8.50. The molecule has 0 aromatic carbocycles. The molecule has 0 saturated carbocycles. The Morgan fingerprint density at radius 1 is 1.40 bits per heavy atom. The fourth-order valence-corrected chi connectivity index (χ4v) is 4.20. The molecular formula is C17H24N4O3S. The molecule has 7 nitrogen and oxygen atoms in total. The van der Waals surface area contributed by atoms with Gasteiger partial charge in [-0.15, -0.1) is 0 Å². The molecule has 0 aliphatic carbocycles. The van der Waals surface area contributed by atoms with Crippen molar-refractivity contribution in [2.75, 3.05) is 32.9 Å². The smallest absolute Gasteiger partial charge is 0.274 e. The molecule has 2 aromatic rings. The minimum Gasteiger partial charge on any atom is -0.341 e. The summed E-state index contributed by atoms with van der Waals surface area (Å²) in [5, 5.41) is 0. The van der Waals surface area contributed by atoms with Crippen molar-refractivity contribution in [3.63, 3.8) is 0 Å². The molecule has 1 amide bonds. The van der Waals surface area contributed by atoms with Crippen molar-refractivity contribution in [2.24, 2.45) is 0 Å². The summed E-state index contributed by atoms with van der Waals surface area (Å²) < 4.78 is 27.2. The fraction of sp³-hybridized carbons (Fsp3) is 0.529. The Bertz CT molecular complexity index is 890. The van der Waals surface area contributed by atoms with Crippen LogP contribution in [0, 0.1) is 0 Å². The third kappa shape index (κ3) is 3.41. The molecule has 8 heteroatoms. The molecule has 25 heavy (non-hydrogen) atoms. The van der Waals surface area contributed by atoms with E-state index in [0.29, 0.717) is 25.3 Å². The van der Waals surface area contributed by atoms with E-state index in [0.717, 1.165) is 24.2 Å². The van der Waals surface area contributed by atoms with Gasteiger partial charge in [0.1, 0.15) is 5.82 Å². The van der Waals surface area contributed by atoms with Crippen LogP contribution in [-0.4, -0.2) is 65.9 Å². The topological polar surface area (TPSA) is 75.0 Å². The number of carbonyl (C=O) groups is 1. The highest BCUT2D eigenvalue weighted by Gasteiger charge is 2.31. The van der Waals surface area contributed by atoms with Gasteiger partial charge in [0, 0.05) is 38.8 Å². The van der Waals surface area contributed by atoms with Gasteiger partial charge in [-0.05, 0) is 31.9 Å². The van der Waals surface area contributed by atoms with Crippen LogP contribution in [0.25, 0.3) is 5.52 Å². The lowest BCUT2D eigenvalue weighted by molar-refractivity contribution is 0.0799. The third-order valence-electron chi connectivity index (χ3n) is 4.82. The summed E-state index contributed by atoms with van der Waals surface area (Å²) in [4.78, 5) is 18.9. The van der Waals surface area contributed by atoms with E-state index in [4.69, 9.17) is 0 Å². The fourth-order valence-electron chi connectivity index (χ4n) is 3.29. The number of carbonyl (C=O) groups excluding carboxylic acids is 1. The summed E-state index contributed by atoms with van der Waals surface area (Å²) in [6.45, 7) is 3.47. The number of amides is 1. The maximum absolute atomic E-state index is 12.7. The molecule has 136 valence electrons. The van der Waals surface area contributed by atoms with Crippen molar-refractivity contribution < 1.29 is 13.2 Å². The maximum atomic E-state index is 12.7. The Hall–Kier alpha value is -1.93. The van der Waals surface area contributed by atoms with Crippen molar-refractivity contribution in [2.45, 2.75) is 25.7 Å². The van der Waals surface area contributed by atoms with Gasteiger partial charge in [-0.3, -0.25) is 4.79 Å². The second-order valence-electron chi connectivity index (χ2n) is 6.55. The summed E-state index contributed by atoms with van der Waals surface area (Å²) >= 11 is 0. The van der Waals surface area contributed by atoms with Gasteiger partial charge in [-0.2, -0.15) is 0 Å². The zero-order valence-corrected chi connectivity index (χ0v) is 15.7. The average molecular weight is 364 g/mol. The second kappa shape index (κ2) is 6.76. The minimum absolute atomic E-state index is 0.0214. The zero-order valence-electron chi connectivity index (χ0n) is 14.8. The van der Waals surface area contributed by atoms with Crippen LogP contribution < -0.4 is 0 Å². The molecule has 3 heterocycles. The van der Waals surface area contributed by atoms with E-state index in [1.165, 1.54) is 10.6 Å². The van der Waals surface area contributed by atoms with Crippen molar-refractivity contribution in [3.05, 3.63) is 35.9 Å². The SMILES string of the molecule is CCN(C)C(=O)c1nc([C@@H]2CCCN(S(C)(=O)=O)C2)n2ccccc12. The van der Waals surface area contributed by atoms with Crippen molar-refractivity contribution in [1.29, 1.82) is 0 Å². The van der Waals surface area contributed by atoms with E-state index in [9.17, 15) is 13.2 Å². The van der Waals surface area contributed by atoms with Gasteiger partial charge >= 0.3 is 0 Å². The van der Waals surface area contributed by atoms with Gasteiger partial charge in [0.15, 0.2) is 5.69 Å². The summed E-state index contributed by atoms with van der Waals surface area (Å²) in [5.74, 6) is 0.622. The van der Waals surface area contributed by atoms with Crippen LogP contribution >= 0.6 is 0 Å². The van der Waals surface area contributed by atoms with Crippen LogP contribution in [0.1, 0.15) is 42.0 Å². The van der Waals surface area contributed by atoms with Crippen molar-refractivity contribution in [3.8, 4) is 0 Å². The first-order chi connectivity index (χ1) is 11.8. The molecule has 1 aliphatic heterocycles. The lowest BCUT2D eigenvalue weighted by atomic mass is 9.99. The summed E-state index contributed by atoms with van der Waals surface area (Å²) in [5.41, 5.74) is 1.19.